The van der Waals surface area contributed by atoms with E-state index in [0.29, 0.717) is 5.71 Å². The minimum Gasteiger partial charge on any atom is -0.200 e. The maximum atomic E-state index is 13.2. The third kappa shape index (κ3) is 4.18. The summed E-state index contributed by atoms with van der Waals surface area (Å²) >= 11 is 3.44. The summed E-state index contributed by atoms with van der Waals surface area (Å²) in [5.41, 5.74) is 4.41. The molecule has 1 aliphatic rings. The number of aryl methyl sites for hydroxylation is 1. The first-order chi connectivity index (χ1) is 13.9. The predicted octanol–water partition coefficient (Wildman–Crippen LogP) is 5.25. The van der Waals surface area contributed by atoms with Crippen LogP contribution < -0.4 is 0 Å². The minimum atomic E-state index is -3.73. The number of hydrogen-bond acceptors (Lipinski definition) is 3. The molecule has 29 heavy (non-hydrogen) atoms. The van der Waals surface area contributed by atoms with Gasteiger partial charge in [-0.2, -0.15) is 17.9 Å². The van der Waals surface area contributed by atoms with E-state index in [2.05, 4.69) is 21.0 Å². The van der Waals surface area contributed by atoms with Crippen LogP contribution in [0.3, 0.4) is 0 Å². The Morgan fingerprint density at radius 2 is 1.59 bits per heavy atom. The third-order valence-corrected chi connectivity index (χ3v) is 6.84. The molecule has 0 radical (unpaired) electrons. The van der Waals surface area contributed by atoms with Gasteiger partial charge in [0.1, 0.15) is 0 Å². The van der Waals surface area contributed by atoms with Crippen molar-refractivity contribution in [1.29, 1.82) is 0 Å². The highest BCUT2D eigenvalue weighted by molar-refractivity contribution is 9.10. The van der Waals surface area contributed by atoms with Gasteiger partial charge in [0, 0.05) is 15.6 Å². The van der Waals surface area contributed by atoms with E-state index in [0.717, 1.165) is 26.7 Å². The lowest BCUT2D eigenvalue weighted by atomic mass is 10.0. The van der Waals surface area contributed by atoms with Crippen molar-refractivity contribution in [2.24, 2.45) is 5.10 Å². The Bertz CT molecular complexity index is 1180. The molecule has 0 atom stereocenters. The molecule has 0 amide bonds. The molecule has 0 saturated carbocycles. The second kappa shape index (κ2) is 7.97. The van der Waals surface area contributed by atoms with Gasteiger partial charge >= 0.3 is 0 Å². The van der Waals surface area contributed by atoms with Crippen molar-refractivity contribution >= 4 is 37.7 Å². The standard InChI is InChI=1S/C23H19BrN2O2S/c1-17-7-13-22(14-8-17)29(27,28)26-16-20(15-18-9-11-21(24)12-10-18)23(25-26)19-5-3-2-4-6-19/h2-15H,16H2,1H3/b20-15+. The van der Waals surface area contributed by atoms with E-state index < -0.39 is 10.0 Å². The summed E-state index contributed by atoms with van der Waals surface area (Å²) < 4.78 is 28.5. The van der Waals surface area contributed by atoms with Crippen molar-refractivity contribution in [3.63, 3.8) is 0 Å². The van der Waals surface area contributed by atoms with Crippen molar-refractivity contribution in [2.75, 3.05) is 6.54 Å². The van der Waals surface area contributed by atoms with E-state index in [1.54, 1.807) is 24.3 Å². The molecule has 6 heteroatoms. The van der Waals surface area contributed by atoms with Gasteiger partial charge in [0.2, 0.25) is 0 Å². The van der Waals surface area contributed by atoms with Crippen LogP contribution in [0.1, 0.15) is 16.7 Å². The van der Waals surface area contributed by atoms with E-state index in [9.17, 15) is 8.42 Å². The molecule has 0 saturated heterocycles. The molecule has 146 valence electrons. The van der Waals surface area contributed by atoms with Gasteiger partial charge in [-0.3, -0.25) is 0 Å². The van der Waals surface area contributed by atoms with Crippen molar-refractivity contribution in [1.82, 2.24) is 4.41 Å². The second-order valence-corrected chi connectivity index (χ2v) is 9.59. The normalized spacial score (nSPS) is 15.6. The van der Waals surface area contributed by atoms with Crippen LogP contribution >= 0.6 is 15.9 Å². The number of hydrogen-bond donors (Lipinski definition) is 0. The Morgan fingerprint density at radius 3 is 2.24 bits per heavy atom. The van der Waals surface area contributed by atoms with Crippen LogP contribution in [-0.4, -0.2) is 25.1 Å². The number of sulfonamides is 1. The first-order valence-electron chi connectivity index (χ1n) is 9.13. The van der Waals surface area contributed by atoms with Gasteiger partial charge in [-0.15, -0.1) is 0 Å². The van der Waals surface area contributed by atoms with Gasteiger partial charge in [-0.25, -0.2) is 0 Å². The summed E-state index contributed by atoms with van der Waals surface area (Å²) in [5.74, 6) is 0. The largest absolute Gasteiger partial charge is 0.279 e. The average molecular weight is 467 g/mol. The van der Waals surface area contributed by atoms with E-state index >= 15 is 0 Å². The molecule has 0 N–H and O–H groups in total. The third-order valence-electron chi connectivity index (χ3n) is 4.68. The highest BCUT2D eigenvalue weighted by Crippen LogP contribution is 2.27. The number of nitrogens with zero attached hydrogens (tertiary/aromatic N) is 2. The van der Waals surface area contributed by atoms with E-state index in [1.165, 1.54) is 4.41 Å². The molecule has 4 nitrogen and oxygen atoms in total. The van der Waals surface area contributed by atoms with Crippen LogP contribution in [0.25, 0.3) is 6.08 Å². The molecule has 0 bridgehead atoms. The fourth-order valence-corrected chi connectivity index (χ4v) is 4.60. The zero-order chi connectivity index (χ0) is 20.4. The molecule has 0 unspecified atom stereocenters. The summed E-state index contributed by atoms with van der Waals surface area (Å²) in [6, 6.07) is 24.4. The molecular formula is C23H19BrN2O2S. The summed E-state index contributed by atoms with van der Waals surface area (Å²) in [6.07, 6.45) is 1.99. The molecule has 3 aromatic carbocycles. The summed E-state index contributed by atoms with van der Waals surface area (Å²) in [4.78, 5) is 0.240. The number of hydrazone groups is 1. The molecule has 0 aromatic heterocycles. The smallest absolute Gasteiger partial charge is 0.200 e. The van der Waals surface area contributed by atoms with E-state index in [4.69, 9.17) is 0 Å². The van der Waals surface area contributed by atoms with Crippen LogP contribution in [-0.2, 0) is 10.0 Å². The molecule has 3 aromatic rings. The molecule has 0 aliphatic carbocycles. The second-order valence-electron chi connectivity index (χ2n) is 6.83. The van der Waals surface area contributed by atoms with Gasteiger partial charge in [0.25, 0.3) is 10.0 Å². The zero-order valence-corrected chi connectivity index (χ0v) is 18.2. The highest BCUT2D eigenvalue weighted by Gasteiger charge is 2.31. The maximum Gasteiger partial charge on any atom is 0.279 e. The monoisotopic (exact) mass is 466 g/mol. The Balaban J connectivity index is 1.76. The molecule has 4 rings (SSSR count). The Hall–Kier alpha value is -2.70. The van der Waals surface area contributed by atoms with Crippen molar-refractivity contribution in [3.05, 3.63) is 106 Å². The van der Waals surface area contributed by atoms with Crippen LogP contribution in [0, 0.1) is 6.92 Å². The lowest BCUT2D eigenvalue weighted by molar-refractivity contribution is 0.473. The van der Waals surface area contributed by atoms with Gasteiger partial charge in [-0.1, -0.05) is 76.1 Å². The van der Waals surface area contributed by atoms with Crippen molar-refractivity contribution < 1.29 is 8.42 Å². The first-order valence-corrected chi connectivity index (χ1v) is 11.4. The zero-order valence-electron chi connectivity index (χ0n) is 15.8. The van der Waals surface area contributed by atoms with Crippen LogP contribution in [0.4, 0.5) is 0 Å². The van der Waals surface area contributed by atoms with Gasteiger partial charge < -0.3 is 0 Å². The summed E-state index contributed by atoms with van der Waals surface area (Å²) in [6.45, 7) is 2.12. The lowest BCUT2D eigenvalue weighted by Gasteiger charge is -2.14. The Kier molecular flexibility index (Phi) is 5.39. The van der Waals surface area contributed by atoms with Crippen molar-refractivity contribution in [3.8, 4) is 0 Å². The molecule has 0 spiro atoms. The first kappa shape index (κ1) is 19.6. The van der Waals surface area contributed by atoms with Gasteiger partial charge in [-0.05, 0) is 42.8 Å². The van der Waals surface area contributed by atoms with Crippen LogP contribution in [0.15, 0.2) is 98.9 Å². The van der Waals surface area contributed by atoms with Crippen LogP contribution in [0.5, 0.6) is 0 Å². The van der Waals surface area contributed by atoms with Gasteiger partial charge in [0.05, 0.1) is 17.2 Å². The predicted molar refractivity (Wildman–Crippen MR) is 120 cm³/mol. The lowest BCUT2D eigenvalue weighted by Crippen LogP contribution is -2.24. The number of halogens is 1. The SMILES string of the molecule is Cc1ccc(S(=O)(=O)N2C/C(=C\c3ccc(Br)cc3)C(c3ccccc3)=N2)cc1. The molecule has 0 fully saturated rings. The Morgan fingerprint density at radius 1 is 0.931 bits per heavy atom. The maximum absolute atomic E-state index is 13.2. The topological polar surface area (TPSA) is 49.7 Å². The van der Waals surface area contributed by atoms with Gasteiger partial charge in [0.15, 0.2) is 0 Å². The van der Waals surface area contributed by atoms with E-state index in [-0.39, 0.29) is 11.4 Å². The Labute approximate surface area is 179 Å². The fourth-order valence-electron chi connectivity index (χ4n) is 3.12. The average Bonchev–Trinajstić information content (AvgIpc) is 3.15. The number of benzene rings is 3. The highest BCUT2D eigenvalue weighted by atomic mass is 79.9. The number of rotatable bonds is 4. The summed E-state index contributed by atoms with van der Waals surface area (Å²) in [5, 5.41) is 4.51. The fraction of sp³-hybridized carbons (Fsp3) is 0.0870. The minimum absolute atomic E-state index is 0.191. The summed E-state index contributed by atoms with van der Waals surface area (Å²) in [7, 11) is -3.73. The molecule has 1 aliphatic heterocycles. The van der Waals surface area contributed by atoms with E-state index in [1.807, 2.05) is 67.6 Å². The molecular weight excluding hydrogens is 448 g/mol. The molecule has 1 heterocycles. The quantitative estimate of drug-likeness (QED) is 0.526. The van der Waals surface area contributed by atoms with Crippen molar-refractivity contribution in [2.45, 2.75) is 11.8 Å². The van der Waals surface area contributed by atoms with Crippen LogP contribution in [0.2, 0.25) is 0 Å².